The van der Waals surface area contributed by atoms with Crippen LogP contribution in [0, 0.1) is 12.8 Å². The monoisotopic (exact) mass is 450 g/mol. The molecule has 5 rings (SSSR count). The molecule has 0 spiro atoms. The number of pyridine rings is 2. The van der Waals surface area contributed by atoms with Gasteiger partial charge in [0.1, 0.15) is 0 Å². The van der Waals surface area contributed by atoms with Gasteiger partial charge in [-0.05, 0) is 85.7 Å². The molecule has 2 aromatic heterocycles. The highest BCUT2D eigenvalue weighted by Gasteiger charge is 2.25. The third kappa shape index (κ3) is 5.09. The maximum absolute atomic E-state index is 13.4. The average Bonchev–Trinajstić information content (AvgIpc) is 2.88. The number of aromatic nitrogens is 2. The fourth-order valence-electron chi connectivity index (χ4n) is 4.82. The second-order valence-electron chi connectivity index (χ2n) is 9.20. The van der Waals surface area contributed by atoms with Crippen molar-refractivity contribution in [3.8, 4) is 0 Å². The third-order valence-corrected chi connectivity index (χ3v) is 6.67. The van der Waals surface area contributed by atoms with E-state index in [2.05, 4.69) is 46.5 Å². The van der Waals surface area contributed by atoms with Crippen LogP contribution in [0.15, 0.2) is 79.1 Å². The molecule has 1 N–H and O–H groups in total. The highest BCUT2D eigenvalue weighted by molar-refractivity contribution is 5.95. The molecule has 1 atom stereocenters. The summed E-state index contributed by atoms with van der Waals surface area (Å²) in [6.45, 7) is 4.31. The molecule has 1 fully saturated rings. The van der Waals surface area contributed by atoms with Crippen LogP contribution in [-0.4, -0.2) is 33.9 Å². The fourth-order valence-corrected chi connectivity index (χ4v) is 4.82. The number of piperidine rings is 1. The molecule has 0 bridgehead atoms. The van der Waals surface area contributed by atoms with Crippen LogP contribution >= 0.6 is 0 Å². The lowest BCUT2D eigenvalue weighted by Gasteiger charge is -2.33. The Labute approximate surface area is 200 Å². The minimum Gasteiger partial charge on any atom is -0.379 e. The lowest BCUT2D eigenvalue weighted by atomic mass is 9.90. The summed E-state index contributed by atoms with van der Waals surface area (Å²) in [5.41, 5.74) is 6.16. The zero-order valence-corrected chi connectivity index (χ0v) is 19.6. The maximum Gasteiger partial charge on any atom is 0.253 e. The molecular weight excluding hydrogens is 420 g/mol. The van der Waals surface area contributed by atoms with E-state index in [1.807, 2.05) is 53.6 Å². The first-order valence-electron chi connectivity index (χ1n) is 12.0. The molecule has 1 amide bonds. The summed E-state index contributed by atoms with van der Waals surface area (Å²) in [6.07, 6.45) is 6.81. The van der Waals surface area contributed by atoms with Crippen molar-refractivity contribution < 1.29 is 4.79 Å². The van der Waals surface area contributed by atoms with Crippen LogP contribution in [0.4, 0.5) is 5.69 Å². The molecule has 1 aliphatic heterocycles. The van der Waals surface area contributed by atoms with Crippen LogP contribution in [0.3, 0.4) is 0 Å². The van der Waals surface area contributed by atoms with Gasteiger partial charge >= 0.3 is 0 Å². The number of nitrogens with zero attached hydrogens (tertiary/aromatic N) is 3. The van der Waals surface area contributed by atoms with Crippen molar-refractivity contribution in [3.05, 3.63) is 102 Å². The van der Waals surface area contributed by atoms with Gasteiger partial charge in [-0.2, -0.15) is 0 Å². The van der Waals surface area contributed by atoms with Crippen LogP contribution in [0.2, 0.25) is 0 Å². The number of fused-ring (bicyclic) bond motifs is 1. The van der Waals surface area contributed by atoms with Crippen LogP contribution in [0.25, 0.3) is 10.9 Å². The molecule has 3 heterocycles. The predicted octanol–water partition coefficient (Wildman–Crippen LogP) is 5.65. The number of amides is 1. The summed E-state index contributed by atoms with van der Waals surface area (Å²) in [6, 6.07) is 22.5. The van der Waals surface area contributed by atoms with Crippen molar-refractivity contribution in [2.24, 2.45) is 5.92 Å². The Balaban J connectivity index is 1.25. The number of carbonyl (C=O) groups is 1. The number of carbonyl (C=O) groups excluding carboxylic acids is 1. The van der Waals surface area contributed by atoms with E-state index >= 15 is 0 Å². The van der Waals surface area contributed by atoms with E-state index in [0.29, 0.717) is 12.5 Å². The zero-order chi connectivity index (χ0) is 23.3. The Morgan fingerprint density at radius 1 is 1.03 bits per heavy atom. The summed E-state index contributed by atoms with van der Waals surface area (Å²) < 4.78 is 0. The first kappa shape index (κ1) is 22.1. The average molecular weight is 451 g/mol. The van der Waals surface area contributed by atoms with E-state index in [1.54, 1.807) is 6.20 Å². The third-order valence-electron chi connectivity index (χ3n) is 6.67. The van der Waals surface area contributed by atoms with E-state index in [0.717, 1.165) is 60.4 Å². The number of aryl methyl sites for hydroxylation is 1. The summed E-state index contributed by atoms with van der Waals surface area (Å²) in [7, 11) is 0. The SMILES string of the molecule is Cc1ccc(C(=O)N2CCC[C@@H](Cc3ccc4ncccc4c3)C2)cc1NCc1ccccn1. The quantitative estimate of drug-likeness (QED) is 0.413. The predicted molar refractivity (Wildman–Crippen MR) is 137 cm³/mol. The summed E-state index contributed by atoms with van der Waals surface area (Å²) >= 11 is 0. The molecule has 5 heteroatoms. The van der Waals surface area contributed by atoms with Gasteiger partial charge in [0.2, 0.25) is 0 Å². The lowest BCUT2D eigenvalue weighted by Crippen LogP contribution is -2.40. The van der Waals surface area contributed by atoms with Crippen molar-refractivity contribution in [2.45, 2.75) is 32.7 Å². The van der Waals surface area contributed by atoms with Gasteiger partial charge in [-0.1, -0.05) is 24.3 Å². The van der Waals surface area contributed by atoms with Crippen molar-refractivity contribution in [3.63, 3.8) is 0 Å². The number of nitrogens with one attached hydrogen (secondary N) is 1. The Hall–Kier alpha value is -3.73. The number of benzene rings is 2. The van der Waals surface area contributed by atoms with Gasteiger partial charge in [-0.25, -0.2) is 0 Å². The molecule has 5 nitrogen and oxygen atoms in total. The number of hydrogen-bond acceptors (Lipinski definition) is 4. The van der Waals surface area contributed by atoms with Crippen LogP contribution in [-0.2, 0) is 13.0 Å². The fraction of sp³-hybridized carbons (Fsp3) is 0.276. The topological polar surface area (TPSA) is 58.1 Å². The minimum absolute atomic E-state index is 0.119. The van der Waals surface area contributed by atoms with E-state index in [9.17, 15) is 4.79 Å². The van der Waals surface area contributed by atoms with E-state index in [-0.39, 0.29) is 5.91 Å². The van der Waals surface area contributed by atoms with Gasteiger partial charge in [0.25, 0.3) is 5.91 Å². The Bertz CT molecular complexity index is 1290. The number of hydrogen-bond donors (Lipinski definition) is 1. The molecule has 1 saturated heterocycles. The normalized spacial score (nSPS) is 15.9. The molecule has 0 unspecified atom stereocenters. The van der Waals surface area contributed by atoms with E-state index in [4.69, 9.17) is 0 Å². The number of rotatable bonds is 6. The Morgan fingerprint density at radius 3 is 2.82 bits per heavy atom. The summed E-state index contributed by atoms with van der Waals surface area (Å²) in [5.74, 6) is 0.590. The van der Waals surface area contributed by atoms with Gasteiger partial charge in [0.05, 0.1) is 17.8 Å². The Kier molecular flexibility index (Phi) is 6.52. The van der Waals surface area contributed by atoms with Gasteiger partial charge in [-0.3, -0.25) is 14.8 Å². The van der Waals surface area contributed by atoms with Gasteiger partial charge in [-0.15, -0.1) is 0 Å². The van der Waals surface area contributed by atoms with E-state index in [1.165, 1.54) is 10.9 Å². The number of anilines is 1. The molecule has 2 aromatic carbocycles. The van der Waals surface area contributed by atoms with Crippen LogP contribution in [0.5, 0.6) is 0 Å². The van der Waals surface area contributed by atoms with Crippen molar-refractivity contribution in [2.75, 3.05) is 18.4 Å². The second-order valence-corrected chi connectivity index (χ2v) is 9.20. The van der Waals surface area contributed by atoms with Crippen molar-refractivity contribution in [1.82, 2.24) is 14.9 Å². The van der Waals surface area contributed by atoms with Gasteiger partial charge < -0.3 is 10.2 Å². The molecule has 1 aliphatic rings. The van der Waals surface area contributed by atoms with E-state index < -0.39 is 0 Å². The largest absolute Gasteiger partial charge is 0.379 e. The molecule has 34 heavy (non-hydrogen) atoms. The smallest absolute Gasteiger partial charge is 0.253 e. The summed E-state index contributed by atoms with van der Waals surface area (Å²) in [4.78, 5) is 24.2. The molecule has 0 saturated carbocycles. The zero-order valence-electron chi connectivity index (χ0n) is 19.6. The highest BCUT2D eigenvalue weighted by atomic mass is 16.2. The first-order chi connectivity index (χ1) is 16.7. The first-order valence-corrected chi connectivity index (χ1v) is 12.0. The molecule has 4 aromatic rings. The van der Waals surface area contributed by atoms with Crippen LogP contribution in [0.1, 0.15) is 40.0 Å². The lowest BCUT2D eigenvalue weighted by molar-refractivity contribution is 0.0673. The molecule has 172 valence electrons. The molecular formula is C29H30N4O. The van der Waals surface area contributed by atoms with Gasteiger partial charge in [0.15, 0.2) is 0 Å². The van der Waals surface area contributed by atoms with Crippen LogP contribution < -0.4 is 5.32 Å². The van der Waals surface area contributed by atoms with Crippen molar-refractivity contribution >= 4 is 22.5 Å². The summed E-state index contributed by atoms with van der Waals surface area (Å²) in [5, 5.41) is 4.62. The number of likely N-dealkylation sites (tertiary alicyclic amines) is 1. The minimum atomic E-state index is 0.119. The van der Waals surface area contributed by atoms with Crippen molar-refractivity contribution in [1.29, 1.82) is 0 Å². The van der Waals surface area contributed by atoms with Gasteiger partial charge in [0, 0.05) is 42.1 Å². The molecule has 0 aliphatic carbocycles. The highest BCUT2D eigenvalue weighted by Crippen LogP contribution is 2.25. The molecule has 0 radical (unpaired) electrons. The second kappa shape index (κ2) is 10.0. The Morgan fingerprint density at radius 2 is 1.94 bits per heavy atom. The standard InChI is InChI=1S/C29H30N4O/c1-21-9-11-25(18-28(21)32-19-26-8-2-3-13-30-26)29(34)33-15-5-6-23(20-33)16-22-10-12-27-24(17-22)7-4-14-31-27/h2-4,7-14,17-18,23,32H,5-6,15-16,19-20H2,1H3/t23-/m0/s1. The maximum atomic E-state index is 13.4.